The van der Waals surface area contributed by atoms with E-state index in [2.05, 4.69) is 10.3 Å². The van der Waals surface area contributed by atoms with E-state index in [1.54, 1.807) is 18.2 Å². The van der Waals surface area contributed by atoms with E-state index in [1.807, 2.05) is 0 Å². The summed E-state index contributed by atoms with van der Waals surface area (Å²) in [4.78, 5) is 51.9. The maximum absolute atomic E-state index is 12.8. The number of fused-ring (bicyclic) bond motifs is 2. The highest BCUT2D eigenvalue weighted by atomic mass is 16.5. The maximum Gasteiger partial charge on any atom is 0.343 e. The lowest BCUT2D eigenvalue weighted by atomic mass is 9.97. The number of hydrogen-bond donors (Lipinski definition) is 5. The Bertz CT molecular complexity index is 1160. The van der Waals surface area contributed by atoms with Gasteiger partial charge in [-0.05, 0) is 55.2 Å². The first-order valence-electron chi connectivity index (χ1n) is 9.97. The summed E-state index contributed by atoms with van der Waals surface area (Å²) in [6, 6.07) is 7.71. The fourth-order valence-corrected chi connectivity index (χ4v) is 3.56. The number of aryl methyl sites for hydroxylation is 1. The number of aliphatic imine (C=N–C) groups is 1. The van der Waals surface area contributed by atoms with Crippen molar-refractivity contribution in [2.45, 2.75) is 31.7 Å². The summed E-state index contributed by atoms with van der Waals surface area (Å²) in [6.07, 6.45) is 0.557. The van der Waals surface area contributed by atoms with Gasteiger partial charge in [-0.3, -0.25) is 9.59 Å². The summed E-state index contributed by atoms with van der Waals surface area (Å²) < 4.78 is 5.56. The van der Waals surface area contributed by atoms with Crippen LogP contribution in [0.2, 0.25) is 0 Å². The smallest absolute Gasteiger partial charge is 0.343 e. The third kappa shape index (κ3) is 5.64. The van der Waals surface area contributed by atoms with Gasteiger partial charge in [0, 0.05) is 11.1 Å². The van der Waals surface area contributed by atoms with Gasteiger partial charge < -0.3 is 31.7 Å². The molecule has 0 saturated heterocycles. The van der Waals surface area contributed by atoms with Crippen molar-refractivity contribution in [1.82, 2.24) is 5.32 Å². The highest BCUT2D eigenvalue weighted by molar-refractivity contribution is 6.00. The summed E-state index contributed by atoms with van der Waals surface area (Å²) in [5, 5.41) is 20.3. The number of carbonyl (C=O) groups is 4. The van der Waals surface area contributed by atoms with Crippen LogP contribution in [0, 0.1) is 0 Å². The monoisotopic (exact) mass is 454 g/mol. The highest BCUT2D eigenvalue weighted by Crippen LogP contribution is 2.30. The van der Waals surface area contributed by atoms with Gasteiger partial charge in [-0.15, -0.1) is 0 Å². The molecule has 2 aromatic carbocycles. The minimum atomic E-state index is -1.61. The van der Waals surface area contributed by atoms with Gasteiger partial charge in [0.2, 0.25) is 0 Å². The third-order valence-electron chi connectivity index (χ3n) is 5.00. The highest BCUT2D eigenvalue weighted by Gasteiger charge is 2.27. The number of rotatable bonds is 6. The summed E-state index contributed by atoms with van der Waals surface area (Å²) >= 11 is 0. The fourth-order valence-electron chi connectivity index (χ4n) is 3.56. The van der Waals surface area contributed by atoms with Gasteiger partial charge >= 0.3 is 17.9 Å². The van der Waals surface area contributed by atoms with Crippen molar-refractivity contribution in [3.05, 3.63) is 58.7 Å². The largest absolute Gasteiger partial charge is 0.481 e. The first-order chi connectivity index (χ1) is 15.7. The number of amides is 1. The van der Waals surface area contributed by atoms with E-state index in [-0.39, 0.29) is 17.3 Å². The molecule has 2 aromatic rings. The first-order valence-corrected chi connectivity index (χ1v) is 9.97. The number of esters is 1. The standard InChI is InChI=1S/C22H22N4O7/c23-22(24)25-12-7-8-13-11(9-12)3-1-4-14-15(5-2-6-17(14)33-21(13)32)19(29)26-16(20(30)31)10-18(27)28/h2,5-9,16H,1,3-4,10H2,(H,26,29)(H,27,28)(H,30,31)(H4,23,24,25). The van der Waals surface area contributed by atoms with E-state index in [4.69, 9.17) is 21.3 Å². The van der Waals surface area contributed by atoms with Crippen LogP contribution in [0.5, 0.6) is 5.75 Å². The van der Waals surface area contributed by atoms with Crippen LogP contribution in [0.4, 0.5) is 5.69 Å². The van der Waals surface area contributed by atoms with Crippen molar-refractivity contribution in [3.8, 4) is 5.75 Å². The molecule has 0 saturated carbocycles. The first kappa shape index (κ1) is 23.3. The Morgan fingerprint density at radius 3 is 2.55 bits per heavy atom. The number of nitrogens with zero attached hydrogens (tertiary/aromatic N) is 1. The Morgan fingerprint density at radius 1 is 1.12 bits per heavy atom. The number of aliphatic carboxylic acids is 2. The number of carboxylic acid groups (broad SMARTS) is 2. The van der Waals surface area contributed by atoms with Gasteiger partial charge in [0.25, 0.3) is 5.91 Å². The van der Waals surface area contributed by atoms with Crippen LogP contribution < -0.4 is 21.5 Å². The Kier molecular flexibility index (Phi) is 6.91. The van der Waals surface area contributed by atoms with E-state index in [0.717, 1.165) is 0 Å². The van der Waals surface area contributed by atoms with Crippen LogP contribution in [0.1, 0.15) is 44.7 Å². The molecular formula is C22H22N4O7. The van der Waals surface area contributed by atoms with E-state index in [9.17, 15) is 24.3 Å². The molecule has 172 valence electrons. The molecule has 1 aliphatic heterocycles. The summed E-state index contributed by atoms with van der Waals surface area (Å²) in [6.45, 7) is 0. The number of benzene rings is 2. The summed E-state index contributed by atoms with van der Waals surface area (Å²) in [7, 11) is 0. The molecule has 1 heterocycles. The zero-order valence-electron chi connectivity index (χ0n) is 17.4. The number of ether oxygens (including phenoxy) is 1. The molecule has 1 aliphatic rings. The molecule has 0 bridgehead atoms. The maximum atomic E-state index is 12.8. The molecule has 1 unspecified atom stereocenters. The van der Waals surface area contributed by atoms with Crippen molar-refractivity contribution in [1.29, 1.82) is 0 Å². The quantitative estimate of drug-likeness (QED) is 0.183. The summed E-state index contributed by atoms with van der Waals surface area (Å²) in [5.74, 6) is -4.20. The molecule has 0 aromatic heterocycles. The van der Waals surface area contributed by atoms with E-state index < -0.39 is 36.3 Å². The SMILES string of the molecule is NC(N)=Nc1ccc2c(c1)CCCc1c(cccc1C(=O)NC(CC(=O)O)C(=O)O)OC2=O. The van der Waals surface area contributed by atoms with Gasteiger partial charge in [0.1, 0.15) is 11.8 Å². The molecule has 0 fully saturated rings. The molecule has 0 radical (unpaired) electrons. The lowest BCUT2D eigenvalue weighted by molar-refractivity contribution is -0.145. The zero-order valence-corrected chi connectivity index (χ0v) is 17.4. The van der Waals surface area contributed by atoms with Gasteiger partial charge in [-0.25, -0.2) is 14.6 Å². The second kappa shape index (κ2) is 9.81. The second-order valence-corrected chi connectivity index (χ2v) is 7.37. The third-order valence-corrected chi connectivity index (χ3v) is 5.00. The lowest BCUT2D eigenvalue weighted by Gasteiger charge is -2.16. The normalized spacial score (nSPS) is 13.6. The molecule has 7 N–H and O–H groups in total. The van der Waals surface area contributed by atoms with E-state index in [1.165, 1.54) is 18.2 Å². The van der Waals surface area contributed by atoms with Crippen molar-refractivity contribution in [3.63, 3.8) is 0 Å². The molecule has 33 heavy (non-hydrogen) atoms. The Hall–Kier alpha value is -4.41. The Balaban J connectivity index is 1.92. The van der Waals surface area contributed by atoms with E-state index in [0.29, 0.717) is 41.6 Å². The molecule has 1 amide bonds. The van der Waals surface area contributed by atoms with Crippen molar-refractivity contribution < 1.29 is 34.1 Å². The molecule has 3 rings (SSSR count). The predicted octanol–water partition coefficient (Wildman–Crippen LogP) is 0.957. The number of nitrogens with two attached hydrogens (primary N) is 2. The number of nitrogens with one attached hydrogen (secondary N) is 1. The minimum absolute atomic E-state index is 0.101. The Morgan fingerprint density at radius 2 is 1.88 bits per heavy atom. The average Bonchev–Trinajstić information content (AvgIpc) is 2.79. The Labute approximate surface area is 188 Å². The van der Waals surface area contributed by atoms with Crippen molar-refractivity contribution in [2.75, 3.05) is 0 Å². The van der Waals surface area contributed by atoms with Crippen molar-refractivity contribution >= 4 is 35.5 Å². The minimum Gasteiger partial charge on any atom is -0.481 e. The van der Waals surface area contributed by atoms with Gasteiger partial charge in [-0.1, -0.05) is 6.07 Å². The summed E-state index contributed by atoms with van der Waals surface area (Å²) in [5.41, 5.74) is 12.8. The lowest BCUT2D eigenvalue weighted by Crippen LogP contribution is -2.42. The van der Waals surface area contributed by atoms with Crippen LogP contribution in [-0.4, -0.2) is 46.0 Å². The molecule has 1 atom stereocenters. The van der Waals surface area contributed by atoms with E-state index >= 15 is 0 Å². The zero-order chi connectivity index (χ0) is 24.1. The second-order valence-electron chi connectivity index (χ2n) is 7.37. The van der Waals surface area contributed by atoms with Crippen LogP contribution >= 0.6 is 0 Å². The fraction of sp³-hybridized carbons (Fsp3) is 0.227. The number of carboxylic acids is 2. The number of carbonyl (C=O) groups excluding carboxylic acids is 2. The molecule has 11 heteroatoms. The van der Waals surface area contributed by atoms with Crippen LogP contribution in [0.3, 0.4) is 0 Å². The predicted molar refractivity (Wildman–Crippen MR) is 116 cm³/mol. The molecular weight excluding hydrogens is 432 g/mol. The van der Waals surface area contributed by atoms with Gasteiger partial charge in [0.15, 0.2) is 5.96 Å². The van der Waals surface area contributed by atoms with Crippen LogP contribution in [0.15, 0.2) is 41.4 Å². The average molecular weight is 454 g/mol. The molecule has 11 nitrogen and oxygen atoms in total. The molecule has 0 aliphatic carbocycles. The van der Waals surface area contributed by atoms with Gasteiger partial charge in [-0.2, -0.15) is 0 Å². The van der Waals surface area contributed by atoms with Gasteiger partial charge in [0.05, 0.1) is 17.7 Å². The number of hydrogen-bond acceptors (Lipinski definition) is 6. The van der Waals surface area contributed by atoms with Crippen molar-refractivity contribution in [2.24, 2.45) is 16.5 Å². The molecule has 0 spiro atoms. The van der Waals surface area contributed by atoms with Crippen LogP contribution in [-0.2, 0) is 22.4 Å². The topological polar surface area (TPSA) is 194 Å². The number of guanidine groups is 1. The van der Waals surface area contributed by atoms with Crippen LogP contribution in [0.25, 0.3) is 0 Å².